The third-order valence-corrected chi connectivity index (χ3v) is 3.51. The predicted molar refractivity (Wildman–Crippen MR) is 75.0 cm³/mol. The minimum absolute atomic E-state index is 0.00431. The summed E-state index contributed by atoms with van der Waals surface area (Å²) in [4.78, 5) is 23.2. The standard InChI is InChI=1S/C12H13BrN2O5/c13-8-1-2-10(11(5-8)15(18)19)14-3-4-20-9(7-14)6-12(16)17/h1-2,5,9H,3-4,6-7H2,(H,16,17). The lowest BCUT2D eigenvalue weighted by Gasteiger charge is -2.33. The predicted octanol–water partition coefficient (Wildman–Crippen LogP) is 2.04. The molecule has 7 nitrogen and oxygen atoms in total. The van der Waals surface area contributed by atoms with E-state index in [4.69, 9.17) is 9.84 Å². The molecule has 1 fully saturated rings. The maximum atomic E-state index is 11.1. The summed E-state index contributed by atoms with van der Waals surface area (Å²) in [6.07, 6.45) is -0.564. The lowest BCUT2D eigenvalue weighted by Crippen LogP contribution is -2.43. The van der Waals surface area contributed by atoms with Crippen LogP contribution in [0.25, 0.3) is 0 Å². The summed E-state index contributed by atoms with van der Waals surface area (Å²) in [5.74, 6) is -0.942. The van der Waals surface area contributed by atoms with Gasteiger partial charge in [-0.05, 0) is 12.1 Å². The van der Waals surface area contributed by atoms with E-state index in [9.17, 15) is 14.9 Å². The van der Waals surface area contributed by atoms with Gasteiger partial charge in [-0.3, -0.25) is 14.9 Å². The second kappa shape index (κ2) is 6.19. The first kappa shape index (κ1) is 14.7. The molecule has 1 aromatic rings. The molecule has 1 heterocycles. The molecule has 1 aliphatic rings. The van der Waals surface area contributed by atoms with E-state index in [0.717, 1.165) is 0 Å². The van der Waals surface area contributed by atoms with Crippen molar-refractivity contribution in [2.45, 2.75) is 12.5 Å². The Morgan fingerprint density at radius 1 is 1.60 bits per heavy atom. The number of rotatable bonds is 4. The number of nitrogens with zero attached hydrogens (tertiary/aromatic N) is 2. The van der Waals surface area contributed by atoms with Crippen molar-refractivity contribution in [3.63, 3.8) is 0 Å². The molecule has 108 valence electrons. The third kappa shape index (κ3) is 3.45. The summed E-state index contributed by atoms with van der Waals surface area (Å²) in [6.45, 7) is 1.18. The topological polar surface area (TPSA) is 92.9 Å². The largest absolute Gasteiger partial charge is 0.481 e. The molecule has 0 saturated carbocycles. The number of carbonyl (C=O) groups is 1. The van der Waals surface area contributed by atoms with Crippen LogP contribution in [0.15, 0.2) is 22.7 Å². The molecule has 2 rings (SSSR count). The molecular formula is C12H13BrN2O5. The van der Waals surface area contributed by atoms with Gasteiger partial charge in [-0.2, -0.15) is 0 Å². The van der Waals surface area contributed by atoms with Gasteiger partial charge in [0.2, 0.25) is 0 Å². The van der Waals surface area contributed by atoms with Gasteiger partial charge in [0.15, 0.2) is 0 Å². The third-order valence-electron chi connectivity index (χ3n) is 3.02. The number of hydrogen-bond donors (Lipinski definition) is 1. The molecule has 1 N–H and O–H groups in total. The van der Waals surface area contributed by atoms with Crippen molar-refractivity contribution in [3.8, 4) is 0 Å². The fourth-order valence-electron chi connectivity index (χ4n) is 2.17. The van der Waals surface area contributed by atoms with Crippen molar-refractivity contribution in [3.05, 3.63) is 32.8 Å². The second-order valence-electron chi connectivity index (χ2n) is 4.43. The van der Waals surface area contributed by atoms with Crippen LogP contribution in [-0.2, 0) is 9.53 Å². The van der Waals surface area contributed by atoms with E-state index in [1.807, 2.05) is 0 Å². The van der Waals surface area contributed by atoms with Crippen LogP contribution < -0.4 is 4.90 Å². The Bertz CT molecular complexity index is 537. The summed E-state index contributed by atoms with van der Waals surface area (Å²) in [5.41, 5.74) is 0.479. The average Bonchev–Trinajstić information content (AvgIpc) is 2.38. The second-order valence-corrected chi connectivity index (χ2v) is 5.34. The van der Waals surface area contributed by atoms with E-state index >= 15 is 0 Å². The Balaban J connectivity index is 2.22. The minimum atomic E-state index is -0.942. The Labute approximate surface area is 123 Å². The molecule has 1 aliphatic heterocycles. The quantitative estimate of drug-likeness (QED) is 0.663. The summed E-state index contributed by atoms with van der Waals surface area (Å²) >= 11 is 3.21. The molecule has 20 heavy (non-hydrogen) atoms. The van der Waals surface area contributed by atoms with Crippen LogP contribution in [0.1, 0.15) is 6.42 Å². The highest BCUT2D eigenvalue weighted by Crippen LogP contribution is 2.32. The highest BCUT2D eigenvalue weighted by Gasteiger charge is 2.27. The van der Waals surface area contributed by atoms with Crippen molar-refractivity contribution in [1.82, 2.24) is 0 Å². The molecule has 1 unspecified atom stereocenters. The maximum absolute atomic E-state index is 11.1. The van der Waals surface area contributed by atoms with Gasteiger partial charge in [-0.15, -0.1) is 0 Å². The molecule has 0 bridgehead atoms. The van der Waals surface area contributed by atoms with Crippen molar-refractivity contribution in [1.29, 1.82) is 0 Å². The molecule has 0 radical (unpaired) electrons. The molecule has 1 atom stereocenters. The zero-order valence-electron chi connectivity index (χ0n) is 10.5. The number of anilines is 1. The highest BCUT2D eigenvalue weighted by molar-refractivity contribution is 9.10. The van der Waals surface area contributed by atoms with Gasteiger partial charge in [-0.1, -0.05) is 15.9 Å². The minimum Gasteiger partial charge on any atom is -0.481 e. The Hall–Kier alpha value is -1.67. The SMILES string of the molecule is O=C(O)CC1CN(c2ccc(Br)cc2[N+](=O)[O-])CCO1. The highest BCUT2D eigenvalue weighted by atomic mass is 79.9. The van der Waals surface area contributed by atoms with Crippen molar-refractivity contribution in [2.75, 3.05) is 24.6 Å². The molecule has 0 spiro atoms. The van der Waals surface area contributed by atoms with Crippen LogP contribution in [0.5, 0.6) is 0 Å². The summed E-state index contributed by atoms with van der Waals surface area (Å²) in [6, 6.07) is 4.83. The van der Waals surface area contributed by atoms with Crippen LogP contribution in [0.2, 0.25) is 0 Å². The first-order chi connectivity index (χ1) is 9.47. The van der Waals surface area contributed by atoms with E-state index in [0.29, 0.717) is 29.9 Å². The number of aliphatic carboxylic acids is 1. The first-order valence-electron chi connectivity index (χ1n) is 5.99. The van der Waals surface area contributed by atoms with E-state index in [-0.39, 0.29) is 12.1 Å². The fourth-order valence-corrected chi connectivity index (χ4v) is 2.52. The van der Waals surface area contributed by atoms with Crippen LogP contribution in [-0.4, -0.2) is 41.8 Å². The maximum Gasteiger partial charge on any atom is 0.306 e. The number of hydrogen-bond acceptors (Lipinski definition) is 5. The molecule has 0 aromatic heterocycles. The smallest absolute Gasteiger partial charge is 0.306 e. The number of carboxylic acid groups (broad SMARTS) is 1. The van der Waals surface area contributed by atoms with Crippen LogP contribution in [0.3, 0.4) is 0 Å². The molecule has 1 saturated heterocycles. The van der Waals surface area contributed by atoms with Gasteiger partial charge in [0, 0.05) is 23.6 Å². The van der Waals surface area contributed by atoms with Crippen molar-refractivity contribution < 1.29 is 19.6 Å². The number of nitro groups is 1. The number of carboxylic acids is 1. The fraction of sp³-hybridized carbons (Fsp3) is 0.417. The number of ether oxygens (including phenoxy) is 1. The number of nitro benzene ring substituents is 1. The van der Waals surface area contributed by atoms with Gasteiger partial charge in [0.05, 0.1) is 24.1 Å². The lowest BCUT2D eigenvalue weighted by atomic mass is 10.1. The first-order valence-corrected chi connectivity index (χ1v) is 6.79. The zero-order valence-corrected chi connectivity index (χ0v) is 12.1. The molecule has 0 amide bonds. The molecule has 0 aliphatic carbocycles. The van der Waals surface area contributed by atoms with E-state index in [2.05, 4.69) is 15.9 Å². The average molecular weight is 345 g/mol. The van der Waals surface area contributed by atoms with Crippen LogP contribution in [0.4, 0.5) is 11.4 Å². The van der Waals surface area contributed by atoms with Crippen LogP contribution in [0, 0.1) is 10.1 Å². The number of morpholine rings is 1. The number of benzene rings is 1. The van der Waals surface area contributed by atoms with Crippen LogP contribution >= 0.6 is 15.9 Å². The lowest BCUT2D eigenvalue weighted by molar-refractivity contribution is -0.384. The monoisotopic (exact) mass is 344 g/mol. The van der Waals surface area contributed by atoms with Crippen molar-refractivity contribution in [2.24, 2.45) is 0 Å². The van der Waals surface area contributed by atoms with E-state index in [1.54, 1.807) is 17.0 Å². The van der Waals surface area contributed by atoms with Crippen molar-refractivity contribution >= 4 is 33.3 Å². The number of halogens is 1. The van der Waals surface area contributed by atoms with Gasteiger partial charge in [0.1, 0.15) is 5.69 Å². The molecular weight excluding hydrogens is 332 g/mol. The van der Waals surface area contributed by atoms with Gasteiger partial charge in [0.25, 0.3) is 5.69 Å². The van der Waals surface area contributed by atoms with Gasteiger partial charge >= 0.3 is 5.97 Å². The van der Waals surface area contributed by atoms with Gasteiger partial charge in [-0.25, -0.2) is 0 Å². The zero-order chi connectivity index (χ0) is 14.7. The van der Waals surface area contributed by atoms with E-state index < -0.39 is 17.0 Å². The summed E-state index contributed by atoms with van der Waals surface area (Å²) in [7, 11) is 0. The summed E-state index contributed by atoms with van der Waals surface area (Å²) in [5, 5.41) is 19.9. The molecule has 1 aromatic carbocycles. The van der Waals surface area contributed by atoms with E-state index in [1.165, 1.54) is 6.07 Å². The molecule has 8 heteroatoms. The Morgan fingerprint density at radius 2 is 2.35 bits per heavy atom. The van der Waals surface area contributed by atoms with Gasteiger partial charge < -0.3 is 14.7 Å². The summed E-state index contributed by atoms with van der Waals surface area (Å²) < 4.78 is 5.99. The Kier molecular flexibility index (Phi) is 4.56. The normalized spacial score (nSPS) is 18.9. The Morgan fingerprint density at radius 3 is 3.00 bits per heavy atom.